The third-order valence-corrected chi connectivity index (χ3v) is 2.74. The van der Waals surface area contributed by atoms with Crippen molar-refractivity contribution in [1.29, 1.82) is 0 Å². The molecule has 1 unspecified atom stereocenters. The standard InChI is InChI=1S/C10H15F3N2O3/c11-10(12,13)3-1-4-14-9(18)15-5-2-7(6-15)8(16)17/h7H,1-6H2,(H,14,18)(H,16,17). The van der Waals surface area contributed by atoms with Crippen LogP contribution in [0.5, 0.6) is 0 Å². The molecule has 0 aromatic heterocycles. The summed E-state index contributed by atoms with van der Waals surface area (Å²) in [5.41, 5.74) is 0. The number of carbonyl (C=O) groups excluding carboxylic acids is 1. The van der Waals surface area contributed by atoms with Crippen molar-refractivity contribution in [2.45, 2.75) is 25.4 Å². The number of rotatable bonds is 4. The topological polar surface area (TPSA) is 69.6 Å². The molecule has 1 fully saturated rings. The highest BCUT2D eigenvalue weighted by atomic mass is 19.4. The number of halogens is 3. The number of alkyl halides is 3. The fourth-order valence-corrected chi connectivity index (χ4v) is 1.74. The van der Waals surface area contributed by atoms with Gasteiger partial charge in [-0.2, -0.15) is 13.2 Å². The maximum Gasteiger partial charge on any atom is 0.389 e. The third-order valence-electron chi connectivity index (χ3n) is 2.74. The van der Waals surface area contributed by atoms with Crippen LogP contribution in [0.3, 0.4) is 0 Å². The minimum atomic E-state index is -4.22. The van der Waals surface area contributed by atoms with Crippen LogP contribution in [0.25, 0.3) is 0 Å². The maximum atomic E-state index is 11.8. The van der Waals surface area contributed by atoms with Crippen LogP contribution in [0, 0.1) is 5.92 Å². The van der Waals surface area contributed by atoms with Crippen LogP contribution >= 0.6 is 0 Å². The smallest absolute Gasteiger partial charge is 0.389 e. The van der Waals surface area contributed by atoms with Crippen molar-refractivity contribution in [2.75, 3.05) is 19.6 Å². The highest BCUT2D eigenvalue weighted by Crippen LogP contribution is 2.21. The lowest BCUT2D eigenvalue weighted by Gasteiger charge is -2.16. The average molecular weight is 268 g/mol. The molecule has 0 saturated carbocycles. The van der Waals surface area contributed by atoms with Crippen molar-refractivity contribution < 1.29 is 27.9 Å². The Labute approximate surface area is 102 Å². The molecule has 1 aliphatic heterocycles. The van der Waals surface area contributed by atoms with Crippen molar-refractivity contribution in [3.63, 3.8) is 0 Å². The Kier molecular flexibility index (Phi) is 4.80. The van der Waals surface area contributed by atoms with Gasteiger partial charge in [0.2, 0.25) is 0 Å². The van der Waals surface area contributed by atoms with E-state index in [-0.39, 0.29) is 19.5 Å². The van der Waals surface area contributed by atoms with E-state index in [1.54, 1.807) is 0 Å². The summed E-state index contributed by atoms with van der Waals surface area (Å²) in [6.07, 6.45) is -4.95. The molecule has 2 amide bonds. The van der Waals surface area contributed by atoms with Gasteiger partial charge in [-0.1, -0.05) is 0 Å². The summed E-state index contributed by atoms with van der Waals surface area (Å²) in [6, 6.07) is -0.499. The molecule has 2 N–H and O–H groups in total. The zero-order valence-corrected chi connectivity index (χ0v) is 9.66. The first-order valence-corrected chi connectivity index (χ1v) is 5.62. The van der Waals surface area contributed by atoms with Crippen LogP contribution in [0.15, 0.2) is 0 Å². The van der Waals surface area contributed by atoms with Crippen LogP contribution in [-0.2, 0) is 4.79 Å². The van der Waals surface area contributed by atoms with Crippen LogP contribution in [0.2, 0.25) is 0 Å². The first-order chi connectivity index (χ1) is 8.29. The van der Waals surface area contributed by atoms with Crippen LogP contribution < -0.4 is 5.32 Å². The van der Waals surface area contributed by atoms with Gasteiger partial charge in [0.15, 0.2) is 0 Å². The molecule has 0 aromatic carbocycles. The Hall–Kier alpha value is -1.47. The van der Waals surface area contributed by atoms with Gasteiger partial charge in [0.05, 0.1) is 5.92 Å². The van der Waals surface area contributed by atoms with Gasteiger partial charge in [-0.25, -0.2) is 4.79 Å². The van der Waals surface area contributed by atoms with Gasteiger partial charge in [-0.15, -0.1) is 0 Å². The number of nitrogens with one attached hydrogen (secondary N) is 1. The molecule has 1 rings (SSSR count). The molecule has 8 heteroatoms. The van der Waals surface area contributed by atoms with Crippen LogP contribution in [0.4, 0.5) is 18.0 Å². The molecule has 0 spiro atoms. The maximum absolute atomic E-state index is 11.8. The van der Waals surface area contributed by atoms with Crippen molar-refractivity contribution >= 4 is 12.0 Å². The highest BCUT2D eigenvalue weighted by Gasteiger charge is 2.31. The Morgan fingerprint density at radius 1 is 1.39 bits per heavy atom. The number of hydrogen-bond acceptors (Lipinski definition) is 2. The zero-order valence-electron chi connectivity index (χ0n) is 9.66. The number of likely N-dealkylation sites (tertiary alicyclic amines) is 1. The lowest BCUT2D eigenvalue weighted by atomic mass is 10.1. The van der Waals surface area contributed by atoms with E-state index >= 15 is 0 Å². The summed E-state index contributed by atoms with van der Waals surface area (Å²) in [7, 11) is 0. The van der Waals surface area contributed by atoms with Gasteiger partial charge >= 0.3 is 18.2 Å². The van der Waals surface area contributed by atoms with E-state index in [0.717, 1.165) is 0 Å². The number of carbonyl (C=O) groups is 2. The lowest BCUT2D eigenvalue weighted by Crippen LogP contribution is -2.39. The molecule has 18 heavy (non-hydrogen) atoms. The SMILES string of the molecule is O=C(O)C1CCN(C(=O)NCCCC(F)(F)F)C1. The predicted molar refractivity (Wildman–Crippen MR) is 56.0 cm³/mol. The number of nitrogens with zero attached hydrogens (tertiary/aromatic N) is 1. The monoisotopic (exact) mass is 268 g/mol. The largest absolute Gasteiger partial charge is 0.481 e. The fraction of sp³-hybridized carbons (Fsp3) is 0.800. The normalized spacial score (nSPS) is 19.9. The minimum Gasteiger partial charge on any atom is -0.481 e. The van der Waals surface area contributed by atoms with Crippen LogP contribution in [-0.4, -0.2) is 47.8 Å². The number of aliphatic carboxylic acids is 1. The van der Waals surface area contributed by atoms with E-state index < -0.39 is 30.5 Å². The van der Waals surface area contributed by atoms with Gasteiger partial charge in [0, 0.05) is 26.1 Å². The molecule has 0 aromatic rings. The summed E-state index contributed by atoms with van der Waals surface area (Å²) in [4.78, 5) is 23.4. The highest BCUT2D eigenvalue weighted by molar-refractivity contribution is 5.77. The molecular formula is C10H15F3N2O3. The molecule has 5 nitrogen and oxygen atoms in total. The first-order valence-electron chi connectivity index (χ1n) is 5.62. The van der Waals surface area contributed by atoms with E-state index in [4.69, 9.17) is 5.11 Å². The Morgan fingerprint density at radius 2 is 2.06 bits per heavy atom. The van der Waals surface area contributed by atoms with Gasteiger partial charge < -0.3 is 15.3 Å². The quantitative estimate of drug-likeness (QED) is 0.758. The summed E-state index contributed by atoms with van der Waals surface area (Å²) >= 11 is 0. The zero-order chi connectivity index (χ0) is 13.8. The lowest BCUT2D eigenvalue weighted by molar-refractivity contribution is -0.141. The predicted octanol–water partition coefficient (Wildman–Crippen LogP) is 1.44. The molecule has 1 heterocycles. The van der Waals surface area contributed by atoms with Crippen molar-refractivity contribution in [3.05, 3.63) is 0 Å². The molecule has 1 atom stereocenters. The Balaban J connectivity index is 2.20. The molecule has 0 bridgehead atoms. The number of urea groups is 1. The molecular weight excluding hydrogens is 253 g/mol. The second-order valence-electron chi connectivity index (χ2n) is 4.22. The Morgan fingerprint density at radius 3 is 2.56 bits per heavy atom. The molecule has 104 valence electrons. The number of amides is 2. The summed E-state index contributed by atoms with van der Waals surface area (Å²) < 4.78 is 35.5. The van der Waals surface area contributed by atoms with E-state index in [1.807, 2.05) is 0 Å². The van der Waals surface area contributed by atoms with Gasteiger partial charge in [0.1, 0.15) is 0 Å². The number of carboxylic acids is 1. The molecule has 1 saturated heterocycles. The first kappa shape index (κ1) is 14.6. The van der Waals surface area contributed by atoms with E-state index in [9.17, 15) is 22.8 Å². The second-order valence-corrected chi connectivity index (χ2v) is 4.22. The van der Waals surface area contributed by atoms with Gasteiger partial charge in [-0.3, -0.25) is 4.79 Å². The van der Waals surface area contributed by atoms with E-state index in [1.165, 1.54) is 4.90 Å². The van der Waals surface area contributed by atoms with Gasteiger partial charge in [0.25, 0.3) is 0 Å². The van der Waals surface area contributed by atoms with Crippen LogP contribution in [0.1, 0.15) is 19.3 Å². The third kappa shape index (κ3) is 4.80. The molecule has 0 aliphatic carbocycles. The summed E-state index contributed by atoms with van der Waals surface area (Å²) in [6.45, 7) is 0.370. The van der Waals surface area contributed by atoms with Crippen molar-refractivity contribution in [1.82, 2.24) is 10.2 Å². The summed E-state index contributed by atoms with van der Waals surface area (Å²) in [5, 5.41) is 11.1. The van der Waals surface area contributed by atoms with E-state index in [2.05, 4.69) is 5.32 Å². The fourth-order valence-electron chi connectivity index (χ4n) is 1.74. The van der Waals surface area contributed by atoms with Gasteiger partial charge in [-0.05, 0) is 12.8 Å². The number of carboxylic acid groups (broad SMARTS) is 1. The minimum absolute atomic E-state index is 0.0629. The Bertz CT molecular complexity index is 320. The number of hydrogen-bond donors (Lipinski definition) is 2. The average Bonchev–Trinajstić information content (AvgIpc) is 2.72. The van der Waals surface area contributed by atoms with E-state index in [0.29, 0.717) is 13.0 Å². The molecule has 0 radical (unpaired) electrons. The molecule has 1 aliphatic rings. The second kappa shape index (κ2) is 5.92. The summed E-state index contributed by atoms with van der Waals surface area (Å²) in [5.74, 6) is -1.53. The van der Waals surface area contributed by atoms with Crippen molar-refractivity contribution in [3.8, 4) is 0 Å². The van der Waals surface area contributed by atoms with Crippen molar-refractivity contribution in [2.24, 2.45) is 5.92 Å².